The first kappa shape index (κ1) is 17.0. The van der Waals surface area contributed by atoms with E-state index in [1.807, 2.05) is 0 Å². The van der Waals surface area contributed by atoms with E-state index in [0.717, 1.165) is 38.0 Å². The van der Waals surface area contributed by atoms with Crippen molar-refractivity contribution in [3.05, 3.63) is 52.2 Å². The molecule has 1 heterocycles. The van der Waals surface area contributed by atoms with Crippen molar-refractivity contribution in [1.29, 1.82) is 0 Å². The van der Waals surface area contributed by atoms with E-state index in [4.69, 9.17) is 10.5 Å². The van der Waals surface area contributed by atoms with Crippen LogP contribution >= 0.6 is 11.3 Å². The molecule has 2 aromatic rings. The second kappa shape index (κ2) is 8.96. The van der Waals surface area contributed by atoms with Gasteiger partial charge in [-0.15, -0.1) is 11.3 Å². The highest BCUT2D eigenvalue weighted by molar-refractivity contribution is 7.10. The van der Waals surface area contributed by atoms with Crippen LogP contribution in [0.5, 0.6) is 5.75 Å². The maximum absolute atomic E-state index is 6.24. The van der Waals surface area contributed by atoms with Crippen LogP contribution in [0.1, 0.15) is 62.0 Å². The van der Waals surface area contributed by atoms with E-state index in [9.17, 15) is 0 Å². The minimum atomic E-state index is 0.140. The zero-order valence-electron chi connectivity index (χ0n) is 13.6. The molecule has 0 spiro atoms. The number of hydrogen-bond donors (Lipinski definition) is 1. The van der Waals surface area contributed by atoms with E-state index in [1.165, 1.54) is 10.4 Å². The summed E-state index contributed by atoms with van der Waals surface area (Å²) in [5.74, 6) is 1.56. The fraction of sp³-hybridized carbons (Fsp3) is 0.474. The van der Waals surface area contributed by atoms with Crippen molar-refractivity contribution >= 4 is 11.3 Å². The SMILES string of the molecule is CCC(C)c1ccc(OC(CCCCN)c2cccs2)cc1. The lowest BCUT2D eigenvalue weighted by atomic mass is 9.99. The van der Waals surface area contributed by atoms with Gasteiger partial charge in [0.25, 0.3) is 0 Å². The molecule has 2 rings (SSSR count). The summed E-state index contributed by atoms with van der Waals surface area (Å²) in [6.07, 6.45) is 4.48. The molecule has 2 unspecified atom stereocenters. The molecule has 0 saturated carbocycles. The Labute approximate surface area is 138 Å². The second-order valence-corrected chi connectivity index (χ2v) is 6.76. The predicted octanol–water partition coefficient (Wildman–Crippen LogP) is 5.51. The Hall–Kier alpha value is -1.32. The second-order valence-electron chi connectivity index (χ2n) is 5.78. The molecule has 120 valence electrons. The summed E-state index contributed by atoms with van der Waals surface area (Å²) >= 11 is 1.76. The van der Waals surface area contributed by atoms with Crippen molar-refractivity contribution in [3.8, 4) is 5.75 Å². The van der Waals surface area contributed by atoms with Crippen molar-refractivity contribution in [2.75, 3.05) is 6.54 Å². The summed E-state index contributed by atoms with van der Waals surface area (Å²) in [6.45, 7) is 5.23. The fourth-order valence-corrected chi connectivity index (χ4v) is 3.27. The summed E-state index contributed by atoms with van der Waals surface area (Å²) in [5, 5.41) is 2.11. The third-order valence-electron chi connectivity index (χ3n) is 4.12. The molecule has 1 aromatic heterocycles. The molecule has 0 aliphatic rings. The van der Waals surface area contributed by atoms with Crippen molar-refractivity contribution in [3.63, 3.8) is 0 Å². The minimum Gasteiger partial charge on any atom is -0.485 e. The molecule has 0 aliphatic heterocycles. The van der Waals surface area contributed by atoms with Gasteiger partial charge >= 0.3 is 0 Å². The largest absolute Gasteiger partial charge is 0.485 e. The molecule has 0 aliphatic carbocycles. The standard InChI is InChI=1S/C19H27NOS/c1-3-15(2)16-9-11-17(12-10-16)21-18(7-4-5-13-20)19-8-6-14-22-19/h6,8-12,14-15,18H,3-5,7,13,20H2,1-2H3. The third-order valence-corrected chi connectivity index (χ3v) is 5.09. The van der Waals surface area contributed by atoms with Gasteiger partial charge in [0.15, 0.2) is 0 Å². The number of ether oxygens (including phenoxy) is 1. The molecular weight excluding hydrogens is 290 g/mol. The van der Waals surface area contributed by atoms with Crippen molar-refractivity contribution in [1.82, 2.24) is 0 Å². The summed E-state index contributed by atoms with van der Waals surface area (Å²) in [7, 11) is 0. The van der Waals surface area contributed by atoms with E-state index >= 15 is 0 Å². The molecule has 3 heteroatoms. The quantitative estimate of drug-likeness (QED) is 0.619. The lowest BCUT2D eigenvalue weighted by Crippen LogP contribution is -2.08. The first-order chi connectivity index (χ1) is 10.7. The van der Waals surface area contributed by atoms with Gasteiger partial charge in [-0.3, -0.25) is 0 Å². The summed E-state index contributed by atoms with van der Waals surface area (Å²) < 4.78 is 6.24. The van der Waals surface area contributed by atoms with Crippen LogP contribution in [0.2, 0.25) is 0 Å². The van der Waals surface area contributed by atoms with Gasteiger partial charge in [-0.2, -0.15) is 0 Å². The highest BCUT2D eigenvalue weighted by Crippen LogP contribution is 2.30. The minimum absolute atomic E-state index is 0.140. The predicted molar refractivity (Wildman–Crippen MR) is 95.7 cm³/mol. The molecular formula is C19H27NOS. The van der Waals surface area contributed by atoms with Crippen LogP contribution in [-0.2, 0) is 0 Å². The van der Waals surface area contributed by atoms with E-state index in [1.54, 1.807) is 11.3 Å². The normalized spacial score (nSPS) is 13.8. The van der Waals surface area contributed by atoms with Crippen molar-refractivity contribution in [2.45, 2.75) is 51.6 Å². The van der Waals surface area contributed by atoms with Crippen LogP contribution in [0, 0.1) is 0 Å². The smallest absolute Gasteiger partial charge is 0.133 e. The molecule has 2 N–H and O–H groups in total. The average molecular weight is 317 g/mol. The Morgan fingerprint density at radius 3 is 2.50 bits per heavy atom. The van der Waals surface area contributed by atoms with Gasteiger partial charge in [0, 0.05) is 4.88 Å². The first-order valence-corrected chi connectivity index (χ1v) is 9.12. The number of unbranched alkanes of at least 4 members (excludes halogenated alkanes) is 1. The molecule has 0 bridgehead atoms. The Kier molecular flexibility index (Phi) is 6.94. The molecule has 2 atom stereocenters. The zero-order chi connectivity index (χ0) is 15.8. The maximum Gasteiger partial charge on any atom is 0.133 e. The van der Waals surface area contributed by atoms with Gasteiger partial charge < -0.3 is 10.5 Å². The highest BCUT2D eigenvalue weighted by Gasteiger charge is 2.14. The third kappa shape index (κ3) is 4.85. The monoisotopic (exact) mass is 317 g/mol. The maximum atomic E-state index is 6.24. The Balaban J connectivity index is 2.03. The topological polar surface area (TPSA) is 35.2 Å². The number of benzene rings is 1. The summed E-state index contributed by atoms with van der Waals surface area (Å²) in [5.41, 5.74) is 6.99. The lowest BCUT2D eigenvalue weighted by Gasteiger charge is -2.19. The molecule has 0 saturated heterocycles. The van der Waals surface area contributed by atoms with E-state index in [0.29, 0.717) is 5.92 Å². The van der Waals surface area contributed by atoms with Crippen LogP contribution in [0.25, 0.3) is 0 Å². The Morgan fingerprint density at radius 1 is 1.14 bits per heavy atom. The average Bonchev–Trinajstić information content (AvgIpc) is 3.08. The van der Waals surface area contributed by atoms with Crippen LogP contribution in [0.15, 0.2) is 41.8 Å². The fourth-order valence-electron chi connectivity index (χ4n) is 2.48. The van der Waals surface area contributed by atoms with Crippen LogP contribution in [0.3, 0.4) is 0 Å². The van der Waals surface area contributed by atoms with Crippen LogP contribution in [0.4, 0.5) is 0 Å². The van der Waals surface area contributed by atoms with Gasteiger partial charge in [-0.05, 0) is 67.3 Å². The van der Waals surface area contributed by atoms with Crippen LogP contribution in [-0.4, -0.2) is 6.54 Å². The molecule has 22 heavy (non-hydrogen) atoms. The van der Waals surface area contributed by atoms with Gasteiger partial charge in [-0.25, -0.2) is 0 Å². The number of thiophene rings is 1. The first-order valence-electron chi connectivity index (χ1n) is 8.24. The zero-order valence-corrected chi connectivity index (χ0v) is 14.4. The van der Waals surface area contributed by atoms with Gasteiger partial charge in [-0.1, -0.05) is 32.0 Å². The number of nitrogens with two attached hydrogens (primary N) is 1. The molecule has 0 radical (unpaired) electrons. The molecule has 0 amide bonds. The molecule has 0 fully saturated rings. The van der Waals surface area contributed by atoms with E-state index < -0.39 is 0 Å². The Bertz CT molecular complexity index is 521. The summed E-state index contributed by atoms with van der Waals surface area (Å²) in [6, 6.07) is 12.8. The number of hydrogen-bond acceptors (Lipinski definition) is 3. The molecule has 1 aromatic carbocycles. The summed E-state index contributed by atoms with van der Waals surface area (Å²) in [4.78, 5) is 1.29. The number of rotatable bonds is 9. The van der Waals surface area contributed by atoms with Crippen molar-refractivity contribution in [2.24, 2.45) is 5.73 Å². The highest BCUT2D eigenvalue weighted by atomic mass is 32.1. The van der Waals surface area contributed by atoms with E-state index in [2.05, 4.69) is 55.6 Å². The van der Waals surface area contributed by atoms with Gasteiger partial charge in [0.05, 0.1) is 0 Å². The van der Waals surface area contributed by atoms with E-state index in [-0.39, 0.29) is 6.10 Å². The van der Waals surface area contributed by atoms with Crippen LogP contribution < -0.4 is 10.5 Å². The molecule has 2 nitrogen and oxygen atoms in total. The van der Waals surface area contributed by atoms with Gasteiger partial charge in [0.2, 0.25) is 0 Å². The lowest BCUT2D eigenvalue weighted by molar-refractivity contribution is 0.195. The van der Waals surface area contributed by atoms with Gasteiger partial charge in [0.1, 0.15) is 11.9 Å². The Morgan fingerprint density at radius 2 is 1.91 bits per heavy atom. The van der Waals surface area contributed by atoms with Crippen molar-refractivity contribution < 1.29 is 4.74 Å².